The third kappa shape index (κ3) is 7.54. The maximum absolute atomic E-state index is 12.2. The van der Waals surface area contributed by atoms with Gasteiger partial charge in [-0.15, -0.1) is 12.4 Å². The van der Waals surface area contributed by atoms with E-state index in [9.17, 15) is 8.42 Å². The zero-order valence-corrected chi connectivity index (χ0v) is 15.8. The average Bonchev–Trinajstić information content (AvgIpc) is 2.61. The lowest BCUT2D eigenvalue weighted by atomic mass is 10.1. The van der Waals surface area contributed by atoms with Crippen molar-refractivity contribution in [3.63, 3.8) is 0 Å². The standard InChI is InChI=1S/C18H25N3O2S.ClH/c19-12-15-21(14-11-17-7-3-1-4-8-17)16-13-20-24(22,23)18-9-5-2-6-10-18;/h1-10,20H,11-16,19H2;1H. The maximum atomic E-state index is 12.2. The Bertz CT molecular complexity index is 697. The van der Waals surface area contributed by atoms with Crippen LogP contribution in [-0.4, -0.2) is 46.0 Å². The van der Waals surface area contributed by atoms with Crippen LogP contribution in [0.15, 0.2) is 65.6 Å². The zero-order chi connectivity index (χ0) is 17.3. The van der Waals surface area contributed by atoms with Crippen molar-refractivity contribution in [3.8, 4) is 0 Å². The van der Waals surface area contributed by atoms with Gasteiger partial charge in [0, 0.05) is 32.7 Å². The molecule has 138 valence electrons. The summed E-state index contributed by atoms with van der Waals surface area (Å²) in [5.41, 5.74) is 6.93. The minimum atomic E-state index is -3.45. The molecule has 0 unspecified atom stereocenters. The van der Waals surface area contributed by atoms with Gasteiger partial charge in [-0.3, -0.25) is 0 Å². The third-order valence-corrected chi connectivity index (χ3v) is 5.26. The normalized spacial score (nSPS) is 11.3. The van der Waals surface area contributed by atoms with Gasteiger partial charge in [0.25, 0.3) is 0 Å². The van der Waals surface area contributed by atoms with E-state index in [2.05, 4.69) is 21.8 Å². The summed E-state index contributed by atoms with van der Waals surface area (Å²) in [6.07, 6.45) is 0.923. The molecule has 2 aromatic rings. The van der Waals surface area contributed by atoms with E-state index in [4.69, 9.17) is 5.73 Å². The quantitative estimate of drug-likeness (QED) is 0.657. The van der Waals surface area contributed by atoms with Gasteiger partial charge in [-0.25, -0.2) is 13.1 Å². The largest absolute Gasteiger partial charge is 0.329 e. The molecule has 0 aliphatic heterocycles. The lowest BCUT2D eigenvalue weighted by Gasteiger charge is -2.21. The van der Waals surface area contributed by atoms with Gasteiger partial charge in [0.15, 0.2) is 0 Å². The second kappa shape index (κ2) is 11.2. The Morgan fingerprint density at radius 1 is 0.880 bits per heavy atom. The molecule has 2 aromatic carbocycles. The zero-order valence-electron chi connectivity index (χ0n) is 14.2. The molecule has 0 spiro atoms. The van der Waals surface area contributed by atoms with Crippen molar-refractivity contribution in [2.75, 3.05) is 32.7 Å². The van der Waals surface area contributed by atoms with Crippen LogP contribution in [0.5, 0.6) is 0 Å². The minimum absolute atomic E-state index is 0. The van der Waals surface area contributed by atoms with E-state index in [1.807, 2.05) is 18.2 Å². The Labute approximate surface area is 156 Å². The van der Waals surface area contributed by atoms with Gasteiger partial charge in [-0.1, -0.05) is 48.5 Å². The summed E-state index contributed by atoms with van der Waals surface area (Å²) >= 11 is 0. The lowest BCUT2D eigenvalue weighted by molar-refractivity contribution is 0.289. The average molecular weight is 384 g/mol. The summed E-state index contributed by atoms with van der Waals surface area (Å²) in [6.45, 7) is 3.16. The highest BCUT2D eigenvalue weighted by Crippen LogP contribution is 2.07. The molecule has 0 amide bonds. The Kier molecular flexibility index (Phi) is 9.70. The lowest BCUT2D eigenvalue weighted by Crippen LogP contribution is -2.38. The number of hydrogen-bond donors (Lipinski definition) is 2. The van der Waals surface area contributed by atoms with Crippen molar-refractivity contribution in [1.29, 1.82) is 0 Å². The van der Waals surface area contributed by atoms with Gasteiger partial charge >= 0.3 is 0 Å². The molecular weight excluding hydrogens is 358 g/mol. The van der Waals surface area contributed by atoms with Crippen LogP contribution in [0.25, 0.3) is 0 Å². The van der Waals surface area contributed by atoms with Gasteiger partial charge in [0.05, 0.1) is 4.90 Å². The van der Waals surface area contributed by atoms with Crippen LogP contribution in [0.3, 0.4) is 0 Å². The topological polar surface area (TPSA) is 75.4 Å². The Hall–Kier alpha value is -1.44. The van der Waals surface area contributed by atoms with Crippen LogP contribution in [0.1, 0.15) is 5.56 Å². The molecule has 3 N–H and O–H groups in total. The summed E-state index contributed by atoms with van der Waals surface area (Å²) in [5.74, 6) is 0. The monoisotopic (exact) mass is 383 g/mol. The number of nitrogens with zero attached hydrogens (tertiary/aromatic N) is 1. The molecule has 0 aliphatic carbocycles. The van der Waals surface area contributed by atoms with E-state index in [1.54, 1.807) is 30.3 Å². The van der Waals surface area contributed by atoms with Gasteiger partial charge in [0.1, 0.15) is 0 Å². The van der Waals surface area contributed by atoms with Crippen LogP contribution < -0.4 is 10.5 Å². The van der Waals surface area contributed by atoms with Crippen LogP contribution in [0.4, 0.5) is 0 Å². The van der Waals surface area contributed by atoms with Gasteiger partial charge in [-0.2, -0.15) is 0 Å². The summed E-state index contributed by atoms with van der Waals surface area (Å²) in [5, 5.41) is 0. The molecule has 0 atom stereocenters. The molecule has 0 bridgehead atoms. The van der Waals surface area contributed by atoms with Crippen molar-refractivity contribution < 1.29 is 8.42 Å². The van der Waals surface area contributed by atoms with Crippen molar-refractivity contribution in [3.05, 3.63) is 66.2 Å². The highest BCUT2D eigenvalue weighted by molar-refractivity contribution is 7.89. The molecule has 0 saturated carbocycles. The van der Waals surface area contributed by atoms with Crippen molar-refractivity contribution in [2.24, 2.45) is 5.73 Å². The number of rotatable bonds is 10. The molecule has 0 aliphatic rings. The second-order valence-electron chi connectivity index (χ2n) is 5.58. The van der Waals surface area contributed by atoms with Gasteiger partial charge < -0.3 is 10.6 Å². The van der Waals surface area contributed by atoms with Gasteiger partial charge in [-0.05, 0) is 24.1 Å². The first kappa shape index (κ1) is 21.6. The van der Waals surface area contributed by atoms with Crippen molar-refractivity contribution in [2.45, 2.75) is 11.3 Å². The fourth-order valence-electron chi connectivity index (χ4n) is 2.47. The molecule has 0 aromatic heterocycles. The molecule has 0 fully saturated rings. The number of sulfonamides is 1. The van der Waals surface area contributed by atoms with E-state index >= 15 is 0 Å². The summed E-state index contributed by atoms with van der Waals surface area (Å²) in [4.78, 5) is 2.47. The highest BCUT2D eigenvalue weighted by Gasteiger charge is 2.13. The predicted molar refractivity (Wildman–Crippen MR) is 105 cm³/mol. The number of hydrogen-bond acceptors (Lipinski definition) is 4. The van der Waals surface area contributed by atoms with Crippen molar-refractivity contribution in [1.82, 2.24) is 9.62 Å². The molecule has 0 saturated heterocycles. The molecule has 0 heterocycles. The van der Waals surface area contributed by atoms with Crippen LogP contribution in [0, 0.1) is 0 Å². The number of nitrogens with one attached hydrogen (secondary N) is 1. The van der Waals surface area contributed by atoms with E-state index in [0.717, 1.165) is 19.5 Å². The van der Waals surface area contributed by atoms with E-state index < -0.39 is 10.0 Å². The molecule has 2 rings (SSSR count). The van der Waals surface area contributed by atoms with E-state index in [1.165, 1.54) is 5.56 Å². The summed E-state index contributed by atoms with van der Waals surface area (Å²) in [7, 11) is -3.45. The fraction of sp³-hybridized carbons (Fsp3) is 0.333. The van der Waals surface area contributed by atoms with Crippen LogP contribution >= 0.6 is 12.4 Å². The van der Waals surface area contributed by atoms with Crippen molar-refractivity contribution >= 4 is 22.4 Å². The maximum Gasteiger partial charge on any atom is 0.240 e. The summed E-state index contributed by atoms with van der Waals surface area (Å²) < 4.78 is 27.0. The van der Waals surface area contributed by atoms with Crippen LogP contribution in [-0.2, 0) is 16.4 Å². The van der Waals surface area contributed by atoms with Crippen LogP contribution in [0.2, 0.25) is 0 Å². The number of halogens is 1. The Morgan fingerprint density at radius 2 is 1.48 bits per heavy atom. The van der Waals surface area contributed by atoms with E-state index in [0.29, 0.717) is 24.5 Å². The molecule has 0 radical (unpaired) electrons. The van der Waals surface area contributed by atoms with Gasteiger partial charge in [0.2, 0.25) is 10.0 Å². The van der Waals surface area contributed by atoms with E-state index in [-0.39, 0.29) is 12.4 Å². The predicted octanol–water partition coefficient (Wildman–Crippen LogP) is 1.89. The first-order chi connectivity index (χ1) is 11.6. The third-order valence-electron chi connectivity index (χ3n) is 3.78. The molecular formula is C18H26ClN3O2S. The molecule has 7 heteroatoms. The second-order valence-corrected chi connectivity index (χ2v) is 7.34. The molecule has 25 heavy (non-hydrogen) atoms. The molecule has 5 nitrogen and oxygen atoms in total. The number of nitrogens with two attached hydrogens (primary N) is 1. The number of benzene rings is 2. The smallest absolute Gasteiger partial charge is 0.240 e. The fourth-order valence-corrected chi connectivity index (χ4v) is 3.51. The first-order valence-electron chi connectivity index (χ1n) is 8.13. The summed E-state index contributed by atoms with van der Waals surface area (Å²) in [6, 6.07) is 18.7. The Balaban J connectivity index is 0.00000312. The Morgan fingerprint density at radius 3 is 2.08 bits per heavy atom. The minimum Gasteiger partial charge on any atom is -0.329 e. The first-order valence-corrected chi connectivity index (χ1v) is 9.61. The highest BCUT2D eigenvalue weighted by atomic mass is 35.5. The SMILES string of the molecule is Cl.NCCN(CCNS(=O)(=O)c1ccccc1)CCc1ccccc1.